The van der Waals surface area contributed by atoms with Crippen LogP contribution in [0.3, 0.4) is 0 Å². The van der Waals surface area contributed by atoms with Crippen LogP contribution in [0.4, 0.5) is 0 Å². The van der Waals surface area contributed by atoms with E-state index in [1.807, 2.05) is 50.2 Å². The van der Waals surface area contributed by atoms with E-state index < -0.39 is 36.2 Å². The highest BCUT2D eigenvalue weighted by atomic mass is 16.7. The van der Waals surface area contributed by atoms with Gasteiger partial charge in [-0.25, -0.2) is 4.79 Å². The molecule has 2 saturated heterocycles. The average Bonchev–Trinajstić information content (AvgIpc) is 3.67. The molecule has 238 valence electrons. The molecule has 2 aliphatic rings. The fraction of sp³-hybridized carbons (Fsp3) is 0.278. The summed E-state index contributed by atoms with van der Waals surface area (Å²) in [6, 6.07) is 28.2. The van der Waals surface area contributed by atoms with Gasteiger partial charge >= 0.3 is 11.9 Å². The zero-order valence-electron chi connectivity index (χ0n) is 25.5. The zero-order chi connectivity index (χ0) is 31.9. The number of aryl methyl sites for hydroxylation is 2. The van der Waals surface area contributed by atoms with Crippen LogP contribution in [0.15, 0.2) is 97.1 Å². The highest BCUT2D eigenvalue weighted by Crippen LogP contribution is 2.34. The summed E-state index contributed by atoms with van der Waals surface area (Å²) in [5, 5.41) is 0. The van der Waals surface area contributed by atoms with Crippen molar-refractivity contribution in [2.45, 2.75) is 32.2 Å². The van der Waals surface area contributed by atoms with Gasteiger partial charge in [0.25, 0.3) is 0 Å². The first-order valence-corrected chi connectivity index (χ1v) is 14.9. The minimum Gasteiger partial charge on any atom is -0.468 e. The van der Waals surface area contributed by atoms with Gasteiger partial charge in [0.1, 0.15) is 53.0 Å². The van der Waals surface area contributed by atoms with E-state index in [1.165, 1.54) is 0 Å². The molecule has 2 aliphatic heterocycles. The predicted octanol–water partition coefficient (Wildman–Crippen LogP) is 5.68. The average molecular weight is 627 g/mol. The third-order valence-electron chi connectivity index (χ3n) is 7.65. The van der Waals surface area contributed by atoms with Gasteiger partial charge in [0.05, 0.1) is 18.8 Å². The third kappa shape index (κ3) is 7.84. The van der Waals surface area contributed by atoms with Gasteiger partial charge in [0.15, 0.2) is 6.79 Å². The Morgan fingerprint density at radius 2 is 1.07 bits per heavy atom. The summed E-state index contributed by atoms with van der Waals surface area (Å²) in [4.78, 5) is 25.3. The Hall–Kier alpha value is -4.90. The van der Waals surface area contributed by atoms with Gasteiger partial charge in [0, 0.05) is 0 Å². The van der Waals surface area contributed by atoms with E-state index in [4.69, 9.17) is 37.9 Å². The zero-order valence-corrected chi connectivity index (χ0v) is 25.5. The van der Waals surface area contributed by atoms with E-state index in [-0.39, 0.29) is 26.8 Å². The van der Waals surface area contributed by atoms with Crippen LogP contribution in [0.25, 0.3) is 0 Å². The predicted molar refractivity (Wildman–Crippen MR) is 165 cm³/mol. The van der Waals surface area contributed by atoms with Gasteiger partial charge < -0.3 is 37.9 Å². The molecule has 2 fully saturated rings. The molecule has 0 N–H and O–H groups in total. The number of ether oxygens (including phenoxy) is 8. The molecule has 46 heavy (non-hydrogen) atoms. The molecule has 0 aliphatic carbocycles. The topological polar surface area (TPSA) is 108 Å². The summed E-state index contributed by atoms with van der Waals surface area (Å²) in [5.74, 6) is 1.08. The van der Waals surface area contributed by atoms with Gasteiger partial charge in [-0.2, -0.15) is 0 Å². The Labute approximate surface area is 266 Å². The molecule has 10 heteroatoms. The van der Waals surface area contributed by atoms with Crippen molar-refractivity contribution in [3.8, 4) is 28.7 Å². The first kappa shape index (κ1) is 31.1. The van der Waals surface area contributed by atoms with E-state index in [0.717, 1.165) is 16.9 Å². The molecule has 2 heterocycles. The molecule has 10 nitrogen and oxygen atoms in total. The number of carbonyl (C=O) groups is 2. The molecular weight excluding hydrogens is 592 g/mol. The Morgan fingerprint density at radius 3 is 1.67 bits per heavy atom. The van der Waals surface area contributed by atoms with Gasteiger partial charge in [-0.05, 0) is 86.6 Å². The van der Waals surface area contributed by atoms with Crippen molar-refractivity contribution in [2.75, 3.05) is 26.8 Å². The van der Waals surface area contributed by atoms with Gasteiger partial charge in [0.2, 0.25) is 6.79 Å². The van der Waals surface area contributed by atoms with Crippen LogP contribution in [0, 0.1) is 19.8 Å². The largest absolute Gasteiger partial charge is 0.468 e. The van der Waals surface area contributed by atoms with E-state index in [0.29, 0.717) is 28.6 Å². The van der Waals surface area contributed by atoms with Crippen molar-refractivity contribution < 1.29 is 47.5 Å². The molecule has 6 rings (SSSR count). The van der Waals surface area contributed by atoms with E-state index in [2.05, 4.69) is 0 Å². The van der Waals surface area contributed by atoms with Crippen molar-refractivity contribution in [3.63, 3.8) is 0 Å². The number of hydrogen-bond donors (Lipinski definition) is 0. The van der Waals surface area contributed by atoms with Crippen molar-refractivity contribution in [3.05, 3.63) is 114 Å². The molecule has 0 bridgehead atoms. The normalized spacial score (nSPS) is 20.0. The van der Waals surface area contributed by atoms with Crippen molar-refractivity contribution in [1.82, 2.24) is 0 Å². The Morgan fingerprint density at radius 1 is 0.587 bits per heavy atom. The minimum absolute atomic E-state index is 0.0205. The molecule has 4 atom stereocenters. The maximum Gasteiger partial charge on any atom is 0.343 e. The SMILES string of the molecule is Cc1ccc(OCOc2ccc(OCO[C@H]3CO[C@H]4[C@@H]3OC[C@H]4C(=O)Oc3ccc(OC(=O)c4ccc(C)cc4)cc3)cc2)cc1. The number of esters is 2. The van der Waals surface area contributed by atoms with Crippen LogP contribution >= 0.6 is 0 Å². The number of carbonyl (C=O) groups excluding carboxylic acids is 2. The summed E-state index contributed by atoms with van der Waals surface area (Å²) in [6.45, 7) is 4.44. The molecule has 0 radical (unpaired) electrons. The standard InChI is InChI=1S/C36H34O10/c1-23-3-7-25(8-4-23)35(37)45-29-15-17-30(18-16-29)46-36(38)31-19-39-34-32(20-40-33(31)34)44-22-43-28-13-11-27(12-14-28)42-21-41-26-9-5-24(2)6-10-26/h3-18,31-34H,19-22H2,1-2H3/t31-,32+,33-,34-/m1/s1. The van der Waals surface area contributed by atoms with Gasteiger partial charge in [-0.15, -0.1) is 0 Å². The molecule has 4 aromatic rings. The summed E-state index contributed by atoms with van der Waals surface area (Å²) >= 11 is 0. The Balaban J connectivity index is 0.912. The first-order valence-electron chi connectivity index (χ1n) is 14.9. The van der Waals surface area contributed by atoms with Crippen LogP contribution in [-0.4, -0.2) is 57.1 Å². The van der Waals surface area contributed by atoms with Crippen LogP contribution in [0.2, 0.25) is 0 Å². The fourth-order valence-electron chi connectivity index (χ4n) is 5.05. The molecule has 0 saturated carbocycles. The van der Waals surface area contributed by atoms with Crippen LogP contribution in [-0.2, 0) is 19.0 Å². The van der Waals surface area contributed by atoms with E-state index >= 15 is 0 Å². The quantitative estimate of drug-likeness (QED) is 0.111. The molecule has 0 spiro atoms. The maximum absolute atomic E-state index is 13.0. The van der Waals surface area contributed by atoms with Crippen LogP contribution in [0.5, 0.6) is 28.7 Å². The second kappa shape index (κ2) is 14.5. The second-order valence-corrected chi connectivity index (χ2v) is 11.0. The number of fused-ring (bicyclic) bond motifs is 1. The fourth-order valence-corrected chi connectivity index (χ4v) is 5.05. The number of hydrogen-bond acceptors (Lipinski definition) is 10. The summed E-state index contributed by atoms with van der Waals surface area (Å²) in [6.07, 6.45) is -1.31. The monoisotopic (exact) mass is 626 g/mol. The lowest BCUT2D eigenvalue weighted by Gasteiger charge is -2.17. The molecular formula is C36H34O10. The van der Waals surface area contributed by atoms with Gasteiger partial charge in [-0.1, -0.05) is 35.4 Å². The van der Waals surface area contributed by atoms with Gasteiger partial charge in [-0.3, -0.25) is 4.79 Å². The van der Waals surface area contributed by atoms with Crippen molar-refractivity contribution >= 4 is 11.9 Å². The smallest absolute Gasteiger partial charge is 0.343 e. The third-order valence-corrected chi connectivity index (χ3v) is 7.65. The molecule has 0 amide bonds. The second-order valence-electron chi connectivity index (χ2n) is 11.0. The van der Waals surface area contributed by atoms with Crippen LogP contribution < -0.4 is 23.7 Å². The molecule has 0 unspecified atom stereocenters. The number of rotatable bonds is 12. The number of benzene rings is 4. The van der Waals surface area contributed by atoms with Crippen LogP contribution in [0.1, 0.15) is 21.5 Å². The highest BCUT2D eigenvalue weighted by Gasteiger charge is 2.51. The summed E-state index contributed by atoms with van der Waals surface area (Å²) < 4.78 is 45.6. The highest BCUT2D eigenvalue weighted by molar-refractivity contribution is 5.91. The molecule has 4 aromatic carbocycles. The lowest BCUT2D eigenvalue weighted by atomic mass is 10.0. The lowest BCUT2D eigenvalue weighted by Crippen LogP contribution is -2.35. The Bertz CT molecular complexity index is 1600. The van der Waals surface area contributed by atoms with Crippen molar-refractivity contribution in [1.29, 1.82) is 0 Å². The summed E-state index contributed by atoms with van der Waals surface area (Å²) in [7, 11) is 0. The van der Waals surface area contributed by atoms with E-state index in [1.54, 1.807) is 60.7 Å². The Kier molecular flexibility index (Phi) is 9.78. The molecule has 0 aromatic heterocycles. The summed E-state index contributed by atoms with van der Waals surface area (Å²) in [5.41, 5.74) is 2.66. The van der Waals surface area contributed by atoms with Crippen molar-refractivity contribution in [2.24, 2.45) is 5.92 Å². The van der Waals surface area contributed by atoms with E-state index in [9.17, 15) is 9.59 Å². The maximum atomic E-state index is 13.0. The first-order chi connectivity index (χ1) is 22.4. The lowest BCUT2D eigenvalue weighted by molar-refractivity contribution is -0.142. The minimum atomic E-state index is -0.610.